The van der Waals surface area contributed by atoms with Gasteiger partial charge in [-0.25, -0.2) is 0 Å². The molecule has 6 heteroatoms. The zero-order chi connectivity index (χ0) is 16.0. The first-order chi connectivity index (χ1) is 11.1. The molecule has 3 heterocycles. The van der Waals surface area contributed by atoms with Crippen LogP contribution in [0.3, 0.4) is 0 Å². The van der Waals surface area contributed by atoms with Crippen LogP contribution in [-0.2, 0) is 19.4 Å². The number of fused-ring (bicyclic) bond motifs is 2. The maximum absolute atomic E-state index is 12.7. The summed E-state index contributed by atoms with van der Waals surface area (Å²) in [4.78, 5) is 42.8. The molecule has 0 aromatic carbocycles. The number of rotatable bonds is 1. The van der Waals surface area contributed by atoms with E-state index in [9.17, 15) is 14.4 Å². The summed E-state index contributed by atoms with van der Waals surface area (Å²) in [7, 11) is 0. The van der Waals surface area contributed by atoms with Crippen molar-refractivity contribution in [2.75, 3.05) is 6.54 Å². The molecule has 2 aromatic rings. The molecule has 1 amide bonds. The molecule has 1 N–H and O–H groups in total. The van der Waals surface area contributed by atoms with Gasteiger partial charge in [-0.05, 0) is 42.3 Å². The van der Waals surface area contributed by atoms with E-state index in [1.165, 1.54) is 10.9 Å². The van der Waals surface area contributed by atoms with Crippen molar-refractivity contribution in [3.8, 4) is 0 Å². The number of hydrogen-bond donors (Lipinski definition) is 1. The SMILES string of the molecule is O=C1CCCc2[nH]c(=O)c(C(=O)N3CCc4sccc4C3)cc21. The summed E-state index contributed by atoms with van der Waals surface area (Å²) < 4.78 is 0. The van der Waals surface area contributed by atoms with Gasteiger partial charge in [-0.1, -0.05) is 0 Å². The minimum absolute atomic E-state index is 0.00955. The molecule has 118 valence electrons. The van der Waals surface area contributed by atoms with Gasteiger partial charge in [0.05, 0.1) is 0 Å². The van der Waals surface area contributed by atoms with Crippen LogP contribution in [0, 0.1) is 0 Å². The van der Waals surface area contributed by atoms with E-state index >= 15 is 0 Å². The van der Waals surface area contributed by atoms with Crippen molar-refractivity contribution in [1.82, 2.24) is 9.88 Å². The molecule has 0 unspecified atom stereocenters. The Hall–Kier alpha value is -2.21. The van der Waals surface area contributed by atoms with Crippen molar-refractivity contribution in [1.29, 1.82) is 0 Å². The van der Waals surface area contributed by atoms with E-state index < -0.39 is 0 Å². The Bertz CT molecular complexity index is 865. The maximum atomic E-state index is 12.7. The number of carbonyl (C=O) groups is 2. The largest absolute Gasteiger partial charge is 0.334 e. The molecule has 0 radical (unpaired) electrons. The van der Waals surface area contributed by atoms with Crippen LogP contribution in [0.15, 0.2) is 22.3 Å². The lowest BCUT2D eigenvalue weighted by atomic mass is 9.93. The monoisotopic (exact) mass is 328 g/mol. The number of aromatic amines is 1. The van der Waals surface area contributed by atoms with E-state index in [4.69, 9.17) is 0 Å². The number of carbonyl (C=O) groups excluding carboxylic acids is 2. The van der Waals surface area contributed by atoms with Crippen LogP contribution in [0.25, 0.3) is 0 Å². The molecule has 0 saturated heterocycles. The summed E-state index contributed by atoms with van der Waals surface area (Å²) in [6.45, 7) is 1.14. The molecular formula is C17H16N2O3S. The van der Waals surface area contributed by atoms with Crippen molar-refractivity contribution in [2.24, 2.45) is 0 Å². The van der Waals surface area contributed by atoms with Gasteiger partial charge in [0.1, 0.15) is 5.56 Å². The van der Waals surface area contributed by atoms with E-state index in [-0.39, 0.29) is 22.8 Å². The highest BCUT2D eigenvalue weighted by molar-refractivity contribution is 7.10. The number of aromatic nitrogens is 1. The molecule has 0 spiro atoms. The van der Waals surface area contributed by atoms with E-state index in [0.29, 0.717) is 37.2 Å². The van der Waals surface area contributed by atoms with Crippen LogP contribution < -0.4 is 5.56 Å². The highest BCUT2D eigenvalue weighted by atomic mass is 32.1. The summed E-state index contributed by atoms with van der Waals surface area (Å²) in [6, 6.07) is 3.53. The van der Waals surface area contributed by atoms with Gasteiger partial charge in [-0.2, -0.15) is 0 Å². The van der Waals surface area contributed by atoms with Crippen molar-refractivity contribution in [2.45, 2.75) is 32.2 Å². The number of amides is 1. The average Bonchev–Trinajstić information content (AvgIpc) is 3.01. The fraction of sp³-hybridized carbons (Fsp3) is 0.353. The summed E-state index contributed by atoms with van der Waals surface area (Å²) >= 11 is 1.71. The zero-order valence-corrected chi connectivity index (χ0v) is 13.4. The fourth-order valence-corrected chi connectivity index (χ4v) is 4.22. The van der Waals surface area contributed by atoms with Crippen molar-refractivity contribution >= 4 is 23.0 Å². The highest BCUT2D eigenvalue weighted by Gasteiger charge is 2.27. The van der Waals surface area contributed by atoms with Gasteiger partial charge < -0.3 is 9.88 Å². The maximum Gasteiger partial charge on any atom is 0.261 e. The van der Waals surface area contributed by atoms with Gasteiger partial charge in [-0.3, -0.25) is 14.4 Å². The van der Waals surface area contributed by atoms with Crippen LogP contribution in [0.5, 0.6) is 0 Å². The number of aryl methyl sites for hydroxylation is 1. The lowest BCUT2D eigenvalue weighted by Crippen LogP contribution is -2.38. The first kappa shape index (κ1) is 14.4. The number of thiophene rings is 1. The Labute approximate surface area is 137 Å². The van der Waals surface area contributed by atoms with Crippen LogP contribution in [-0.4, -0.2) is 28.1 Å². The Kier molecular flexibility index (Phi) is 3.41. The second-order valence-corrected chi connectivity index (χ2v) is 7.03. The average molecular weight is 328 g/mol. The normalized spacial score (nSPS) is 16.9. The number of Topliss-reactive ketones (excluding diaryl/α,β-unsaturated/α-hetero) is 1. The summed E-state index contributed by atoms with van der Waals surface area (Å²) in [6.07, 6.45) is 2.74. The Morgan fingerprint density at radius 1 is 1.22 bits per heavy atom. The third kappa shape index (κ3) is 2.43. The van der Waals surface area contributed by atoms with E-state index in [2.05, 4.69) is 4.98 Å². The topological polar surface area (TPSA) is 70.2 Å². The molecule has 2 aliphatic rings. The van der Waals surface area contributed by atoms with Crippen molar-refractivity contribution in [3.05, 3.63) is 55.1 Å². The predicted octanol–water partition coefficient (Wildman–Crippen LogP) is 2.15. The van der Waals surface area contributed by atoms with Crippen LogP contribution in [0.4, 0.5) is 0 Å². The highest BCUT2D eigenvalue weighted by Crippen LogP contribution is 2.25. The van der Waals surface area contributed by atoms with E-state index in [0.717, 1.165) is 18.4 Å². The molecule has 0 bridgehead atoms. The quantitative estimate of drug-likeness (QED) is 0.872. The van der Waals surface area contributed by atoms with Crippen molar-refractivity contribution in [3.63, 3.8) is 0 Å². The van der Waals surface area contributed by atoms with Gasteiger partial charge >= 0.3 is 0 Å². The molecule has 5 nitrogen and oxygen atoms in total. The summed E-state index contributed by atoms with van der Waals surface area (Å²) in [5.41, 5.74) is 2.02. The van der Waals surface area contributed by atoms with Crippen LogP contribution in [0.1, 0.15) is 49.7 Å². The van der Waals surface area contributed by atoms with Crippen molar-refractivity contribution < 1.29 is 9.59 Å². The second kappa shape index (κ2) is 5.45. The molecule has 0 fully saturated rings. The third-order valence-corrected chi connectivity index (χ3v) is 5.60. The molecule has 0 atom stereocenters. The molecule has 1 aliphatic carbocycles. The van der Waals surface area contributed by atoms with Gasteiger partial charge in [0.15, 0.2) is 5.78 Å². The van der Waals surface area contributed by atoms with Crippen LogP contribution in [0.2, 0.25) is 0 Å². The minimum Gasteiger partial charge on any atom is -0.334 e. The fourth-order valence-electron chi connectivity index (χ4n) is 3.33. The smallest absolute Gasteiger partial charge is 0.261 e. The Morgan fingerprint density at radius 2 is 2.09 bits per heavy atom. The number of nitrogens with zero attached hydrogens (tertiary/aromatic N) is 1. The number of hydrogen-bond acceptors (Lipinski definition) is 4. The predicted molar refractivity (Wildman–Crippen MR) is 87.1 cm³/mol. The molecule has 0 saturated carbocycles. The molecule has 4 rings (SSSR count). The Morgan fingerprint density at radius 3 is 2.96 bits per heavy atom. The molecule has 23 heavy (non-hydrogen) atoms. The number of H-pyrrole nitrogens is 1. The number of nitrogens with one attached hydrogen (secondary N) is 1. The lowest BCUT2D eigenvalue weighted by Gasteiger charge is -2.27. The van der Waals surface area contributed by atoms with Gasteiger partial charge in [0, 0.05) is 35.6 Å². The van der Waals surface area contributed by atoms with Crippen LogP contribution >= 0.6 is 11.3 Å². The zero-order valence-electron chi connectivity index (χ0n) is 12.6. The Balaban J connectivity index is 1.68. The van der Waals surface area contributed by atoms with E-state index in [1.54, 1.807) is 16.2 Å². The lowest BCUT2D eigenvalue weighted by molar-refractivity contribution is 0.0734. The van der Waals surface area contributed by atoms with Gasteiger partial charge in [-0.15, -0.1) is 11.3 Å². The first-order valence-electron chi connectivity index (χ1n) is 7.77. The molecular weight excluding hydrogens is 312 g/mol. The summed E-state index contributed by atoms with van der Waals surface area (Å²) in [5, 5.41) is 2.03. The molecule has 1 aliphatic heterocycles. The summed E-state index contributed by atoms with van der Waals surface area (Å²) in [5.74, 6) is -0.278. The standard InChI is InChI=1S/C17H16N2O3S/c20-14-3-1-2-13-11(14)8-12(16(21)18-13)17(22)19-6-4-15-10(9-19)5-7-23-15/h5,7-8H,1-4,6,9H2,(H,18,21). The van der Waals surface area contributed by atoms with E-state index in [1.807, 2.05) is 11.4 Å². The van der Waals surface area contributed by atoms with Gasteiger partial charge in [0.25, 0.3) is 11.5 Å². The third-order valence-electron chi connectivity index (χ3n) is 4.58. The first-order valence-corrected chi connectivity index (χ1v) is 8.65. The second-order valence-electron chi connectivity index (χ2n) is 6.03. The number of pyridine rings is 1. The number of ketones is 1. The van der Waals surface area contributed by atoms with Gasteiger partial charge in [0.2, 0.25) is 0 Å². The molecule has 2 aromatic heterocycles. The minimum atomic E-state index is -0.389.